The van der Waals surface area contributed by atoms with E-state index in [4.69, 9.17) is 9.47 Å². The molecule has 0 N–H and O–H groups in total. The molecule has 110 valence electrons. The Hall–Kier alpha value is -2.29. The molecule has 0 amide bonds. The molecule has 0 radical (unpaired) electrons. The summed E-state index contributed by atoms with van der Waals surface area (Å²) in [4.78, 5) is 11.7. The molecule has 3 heteroatoms. The Kier molecular flexibility index (Phi) is 5.83. The molecule has 0 aliphatic carbocycles. The zero-order valence-electron chi connectivity index (χ0n) is 12.2. The van der Waals surface area contributed by atoms with Crippen LogP contribution in [0.25, 0.3) is 11.1 Å². The molecule has 0 fully saturated rings. The van der Waals surface area contributed by atoms with E-state index >= 15 is 0 Å². The van der Waals surface area contributed by atoms with Crippen LogP contribution in [-0.2, 0) is 4.74 Å². The highest BCUT2D eigenvalue weighted by Gasteiger charge is 2.11. The molecule has 0 spiro atoms. The van der Waals surface area contributed by atoms with Crippen LogP contribution < -0.4 is 4.74 Å². The van der Waals surface area contributed by atoms with Gasteiger partial charge in [-0.15, -0.1) is 0 Å². The predicted molar refractivity (Wildman–Crippen MR) is 83.4 cm³/mol. The second-order valence-corrected chi connectivity index (χ2v) is 4.77. The van der Waals surface area contributed by atoms with Crippen LogP contribution in [-0.4, -0.2) is 12.8 Å². The predicted octanol–water partition coefficient (Wildman–Crippen LogP) is 5.06. The Labute approximate surface area is 125 Å². The van der Waals surface area contributed by atoms with Gasteiger partial charge in [0, 0.05) is 5.56 Å². The molecule has 3 nitrogen and oxygen atoms in total. The molecular weight excluding hydrogens is 264 g/mol. The number of hydrogen-bond donors (Lipinski definition) is 0. The van der Waals surface area contributed by atoms with Crippen LogP contribution in [0.3, 0.4) is 0 Å². The maximum atomic E-state index is 11.7. The van der Waals surface area contributed by atoms with Gasteiger partial charge in [0.1, 0.15) is 5.75 Å². The second kappa shape index (κ2) is 8.10. The largest absolute Gasteiger partial charge is 0.513 e. The lowest BCUT2D eigenvalue weighted by Crippen LogP contribution is -2.12. The molecule has 0 heterocycles. The van der Waals surface area contributed by atoms with E-state index in [1.54, 1.807) is 6.07 Å². The first-order valence-corrected chi connectivity index (χ1v) is 7.30. The Morgan fingerprint density at radius 3 is 2.43 bits per heavy atom. The van der Waals surface area contributed by atoms with Crippen LogP contribution >= 0.6 is 0 Å². The van der Waals surface area contributed by atoms with Gasteiger partial charge in [0.2, 0.25) is 0 Å². The van der Waals surface area contributed by atoms with Crippen molar-refractivity contribution in [3.63, 3.8) is 0 Å². The van der Waals surface area contributed by atoms with Gasteiger partial charge in [-0.3, -0.25) is 0 Å². The second-order valence-electron chi connectivity index (χ2n) is 4.77. The molecule has 2 rings (SSSR count). The third-order valence-electron chi connectivity index (χ3n) is 3.13. The molecule has 2 aromatic carbocycles. The number of para-hydroxylation sites is 1. The van der Waals surface area contributed by atoms with E-state index in [0.29, 0.717) is 12.4 Å². The molecule has 0 atom stereocenters. The lowest BCUT2D eigenvalue weighted by atomic mass is 10.1. The summed E-state index contributed by atoms with van der Waals surface area (Å²) in [7, 11) is 0. The van der Waals surface area contributed by atoms with Crippen molar-refractivity contribution in [3.05, 3.63) is 54.6 Å². The van der Waals surface area contributed by atoms with Crippen molar-refractivity contribution in [2.45, 2.75) is 26.2 Å². The van der Waals surface area contributed by atoms with E-state index < -0.39 is 6.16 Å². The first-order valence-electron chi connectivity index (χ1n) is 7.30. The molecule has 0 unspecified atom stereocenters. The summed E-state index contributed by atoms with van der Waals surface area (Å²) in [5.74, 6) is 0.518. The third-order valence-corrected chi connectivity index (χ3v) is 3.13. The van der Waals surface area contributed by atoms with Gasteiger partial charge in [0.05, 0.1) is 6.61 Å². The maximum Gasteiger partial charge on any atom is 0.513 e. The van der Waals surface area contributed by atoms with Crippen LogP contribution in [0.2, 0.25) is 0 Å². The minimum atomic E-state index is -0.644. The Morgan fingerprint density at radius 2 is 1.67 bits per heavy atom. The van der Waals surface area contributed by atoms with Crippen molar-refractivity contribution in [1.82, 2.24) is 0 Å². The first-order chi connectivity index (χ1) is 10.3. The lowest BCUT2D eigenvalue weighted by Gasteiger charge is -2.10. The molecule has 0 saturated heterocycles. The third kappa shape index (κ3) is 4.63. The highest BCUT2D eigenvalue weighted by molar-refractivity contribution is 5.74. The summed E-state index contributed by atoms with van der Waals surface area (Å²) >= 11 is 0. The SMILES string of the molecule is CCCCCOC(=O)Oc1ccccc1-c1ccccc1. The molecule has 0 saturated carbocycles. The fourth-order valence-corrected chi connectivity index (χ4v) is 2.04. The fourth-order valence-electron chi connectivity index (χ4n) is 2.04. The first kappa shape index (κ1) is 15.1. The van der Waals surface area contributed by atoms with Crippen LogP contribution in [0, 0.1) is 0 Å². The van der Waals surface area contributed by atoms with Crippen molar-refractivity contribution in [2.75, 3.05) is 6.61 Å². The number of carbonyl (C=O) groups is 1. The normalized spacial score (nSPS) is 10.1. The van der Waals surface area contributed by atoms with Crippen molar-refractivity contribution < 1.29 is 14.3 Å². The summed E-state index contributed by atoms with van der Waals surface area (Å²) in [6.45, 7) is 2.51. The van der Waals surface area contributed by atoms with Crippen LogP contribution in [0.15, 0.2) is 54.6 Å². The number of hydrogen-bond acceptors (Lipinski definition) is 3. The van der Waals surface area contributed by atoms with E-state index in [2.05, 4.69) is 6.92 Å². The van der Waals surface area contributed by atoms with Crippen molar-refractivity contribution in [3.8, 4) is 16.9 Å². The van der Waals surface area contributed by atoms with Crippen LogP contribution in [0.4, 0.5) is 4.79 Å². The zero-order valence-corrected chi connectivity index (χ0v) is 12.2. The average molecular weight is 284 g/mol. The van der Waals surface area contributed by atoms with Gasteiger partial charge < -0.3 is 9.47 Å². The molecule has 2 aromatic rings. The van der Waals surface area contributed by atoms with Crippen LogP contribution in [0.5, 0.6) is 5.75 Å². The molecule has 0 aliphatic rings. The van der Waals surface area contributed by atoms with E-state index in [-0.39, 0.29) is 0 Å². The summed E-state index contributed by atoms with van der Waals surface area (Å²) in [6, 6.07) is 17.3. The Morgan fingerprint density at radius 1 is 0.952 bits per heavy atom. The minimum Gasteiger partial charge on any atom is -0.434 e. The Bertz CT molecular complexity index is 564. The van der Waals surface area contributed by atoms with Gasteiger partial charge in [-0.2, -0.15) is 0 Å². The quantitative estimate of drug-likeness (QED) is 0.422. The fraction of sp³-hybridized carbons (Fsp3) is 0.278. The number of unbranched alkanes of at least 4 members (excludes halogenated alkanes) is 2. The van der Waals surface area contributed by atoms with Crippen LogP contribution in [0.1, 0.15) is 26.2 Å². The highest BCUT2D eigenvalue weighted by atomic mass is 16.7. The average Bonchev–Trinajstić information content (AvgIpc) is 2.53. The maximum absolute atomic E-state index is 11.7. The monoisotopic (exact) mass is 284 g/mol. The van der Waals surface area contributed by atoms with Gasteiger partial charge in [-0.1, -0.05) is 68.3 Å². The van der Waals surface area contributed by atoms with E-state index in [1.165, 1.54) is 0 Å². The van der Waals surface area contributed by atoms with Gasteiger partial charge in [-0.05, 0) is 18.1 Å². The summed E-state index contributed by atoms with van der Waals surface area (Å²) in [6.07, 6.45) is 2.36. The summed E-state index contributed by atoms with van der Waals surface area (Å²) in [5.41, 5.74) is 1.88. The van der Waals surface area contributed by atoms with Crippen molar-refractivity contribution in [1.29, 1.82) is 0 Å². The number of carbonyl (C=O) groups excluding carboxylic acids is 1. The van der Waals surface area contributed by atoms with Gasteiger partial charge in [0.25, 0.3) is 0 Å². The minimum absolute atomic E-state index is 0.403. The van der Waals surface area contributed by atoms with E-state index in [1.807, 2.05) is 48.5 Å². The molecule has 21 heavy (non-hydrogen) atoms. The van der Waals surface area contributed by atoms with Crippen molar-refractivity contribution in [2.24, 2.45) is 0 Å². The van der Waals surface area contributed by atoms with Crippen molar-refractivity contribution >= 4 is 6.16 Å². The van der Waals surface area contributed by atoms with Gasteiger partial charge >= 0.3 is 6.16 Å². The molecule has 0 bridgehead atoms. The topological polar surface area (TPSA) is 35.5 Å². The highest BCUT2D eigenvalue weighted by Crippen LogP contribution is 2.29. The smallest absolute Gasteiger partial charge is 0.434 e. The standard InChI is InChI=1S/C18H20O3/c1-2-3-9-14-20-18(19)21-17-13-8-7-12-16(17)15-10-5-4-6-11-15/h4-8,10-13H,2-3,9,14H2,1H3. The number of benzene rings is 2. The number of rotatable bonds is 6. The Balaban J connectivity index is 2.02. The number of ether oxygens (including phenoxy) is 2. The van der Waals surface area contributed by atoms with E-state index in [9.17, 15) is 4.79 Å². The molecule has 0 aromatic heterocycles. The van der Waals surface area contributed by atoms with E-state index in [0.717, 1.165) is 30.4 Å². The van der Waals surface area contributed by atoms with Gasteiger partial charge in [0.15, 0.2) is 0 Å². The molecular formula is C18H20O3. The lowest BCUT2D eigenvalue weighted by molar-refractivity contribution is 0.0976. The summed E-state index contributed by atoms with van der Waals surface area (Å²) in [5, 5.41) is 0. The van der Waals surface area contributed by atoms with Gasteiger partial charge in [-0.25, -0.2) is 4.79 Å². The molecule has 0 aliphatic heterocycles. The summed E-state index contributed by atoms with van der Waals surface area (Å²) < 4.78 is 10.4. The zero-order chi connectivity index (χ0) is 14.9.